The maximum atomic E-state index is 6.46. The third kappa shape index (κ3) is 2.98. The van der Waals surface area contributed by atoms with Crippen molar-refractivity contribution in [1.82, 2.24) is 28.7 Å². The van der Waals surface area contributed by atoms with Crippen LogP contribution in [0.15, 0.2) is 36.8 Å². The fourth-order valence-corrected chi connectivity index (χ4v) is 4.35. The summed E-state index contributed by atoms with van der Waals surface area (Å²) >= 11 is 1.49. The van der Waals surface area contributed by atoms with Gasteiger partial charge < -0.3 is 15.6 Å². The first-order valence-corrected chi connectivity index (χ1v) is 10.5. The molecule has 152 valence electrons. The smallest absolute Gasteiger partial charge is 0.231 e. The van der Waals surface area contributed by atoms with Crippen molar-refractivity contribution in [2.75, 3.05) is 11.1 Å². The standard InChI is InChI=1S/C21H22N8S/c1-11(2)29-9-15(13-5-6-17-14(7-13)8-23-30-17)18-19(22)25-21(26-20(18)29)24-16-10-28(4)27-12(16)3/h5-11H,1-4H3,(H3,22,24,25,26). The summed E-state index contributed by atoms with van der Waals surface area (Å²) in [6, 6.07) is 6.56. The lowest BCUT2D eigenvalue weighted by Crippen LogP contribution is -2.05. The fraction of sp³-hybridized carbons (Fsp3) is 0.238. The molecule has 3 N–H and O–H groups in total. The van der Waals surface area contributed by atoms with Gasteiger partial charge in [-0.25, -0.2) is 0 Å². The molecule has 4 heterocycles. The molecule has 0 radical (unpaired) electrons. The molecule has 8 nitrogen and oxygen atoms in total. The van der Waals surface area contributed by atoms with Gasteiger partial charge in [0.2, 0.25) is 5.95 Å². The third-order valence-corrected chi connectivity index (χ3v) is 5.96. The molecule has 0 atom stereocenters. The molecule has 9 heteroatoms. The molecule has 0 saturated heterocycles. The third-order valence-electron chi connectivity index (χ3n) is 5.18. The summed E-state index contributed by atoms with van der Waals surface area (Å²) in [4.78, 5) is 9.37. The van der Waals surface area contributed by atoms with Crippen LogP contribution in [0.4, 0.5) is 17.5 Å². The van der Waals surface area contributed by atoms with E-state index in [0.717, 1.165) is 43.6 Å². The van der Waals surface area contributed by atoms with E-state index >= 15 is 0 Å². The van der Waals surface area contributed by atoms with E-state index in [9.17, 15) is 0 Å². The van der Waals surface area contributed by atoms with E-state index < -0.39 is 0 Å². The molecule has 1 aromatic carbocycles. The van der Waals surface area contributed by atoms with Crippen LogP contribution in [0.2, 0.25) is 0 Å². The minimum atomic E-state index is 0.218. The molecule has 0 unspecified atom stereocenters. The first-order chi connectivity index (χ1) is 14.4. The van der Waals surface area contributed by atoms with E-state index in [2.05, 4.69) is 62.6 Å². The highest BCUT2D eigenvalue weighted by atomic mass is 32.1. The molecular weight excluding hydrogens is 396 g/mol. The van der Waals surface area contributed by atoms with Gasteiger partial charge in [-0.3, -0.25) is 4.68 Å². The Morgan fingerprint density at radius 1 is 1.17 bits per heavy atom. The molecule has 0 aliphatic carbocycles. The van der Waals surface area contributed by atoms with Crippen molar-refractivity contribution in [2.45, 2.75) is 26.8 Å². The Hall–Kier alpha value is -3.46. The number of nitrogens with two attached hydrogens (primary N) is 1. The summed E-state index contributed by atoms with van der Waals surface area (Å²) in [5, 5.41) is 9.60. The Bertz CT molecular complexity index is 1390. The van der Waals surface area contributed by atoms with Crippen molar-refractivity contribution in [3.05, 3.63) is 42.5 Å². The Morgan fingerprint density at radius 2 is 2.00 bits per heavy atom. The number of hydrogen-bond donors (Lipinski definition) is 2. The SMILES string of the molecule is Cc1nn(C)cc1Nc1nc(N)c2c(-c3ccc4sncc4c3)cn(C(C)C)c2n1. The molecule has 0 amide bonds. The fourth-order valence-electron chi connectivity index (χ4n) is 3.73. The van der Waals surface area contributed by atoms with Crippen molar-refractivity contribution < 1.29 is 0 Å². The van der Waals surface area contributed by atoms with Crippen LogP contribution in [0.1, 0.15) is 25.6 Å². The van der Waals surface area contributed by atoms with E-state index in [4.69, 9.17) is 10.7 Å². The van der Waals surface area contributed by atoms with Gasteiger partial charge in [-0.05, 0) is 50.0 Å². The topological polar surface area (TPSA) is 99.5 Å². The maximum Gasteiger partial charge on any atom is 0.231 e. The summed E-state index contributed by atoms with van der Waals surface area (Å²) in [5.41, 5.74) is 11.1. The first-order valence-electron chi connectivity index (χ1n) is 9.71. The minimum Gasteiger partial charge on any atom is -0.383 e. The largest absolute Gasteiger partial charge is 0.383 e. The van der Waals surface area contributed by atoms with E-state index in [1.54, 1.807) is 4.68 Å². The number of fused-ring (bicyclic) bond motifs is 2. The molecule has 0 spiro atoms. The molecule has 0 aliphatic heterocycles. The number of nitrogens with one attached hydrogen (secondary N) is 1. The van der Waals surface area contributed by atoms with Gasteiger partial charge in [-0.2, -0.15) is 19.4 Å². The van der Waals surface area contributed by atoms with Gasteiger partial charge in [0.25, 0.3) is 0 Å². The number of aryl methyl sites for hydroxylation is 2. The number of anilines is 3. The Morgan fingerprint density at radius 3 is 2.73 bits per heavy atom. The molecule has 0 fully saturated rings. The average molecular weight is 419 g/mol. The van der Waals surface area contributed by atoms with E-state index in [0.29, 0.717) is 11.8 Å². The van der Waals surface area contributed by atoms with Gasteiger partial charge in [-0.15, -0.1) is 0 Å². The quantitative estimate of drug-likeness (QED) is 0.440. The Labute approximate surface area is 177 Å². The van der Waals surface area contributed by atoms with Crippen LogP contribution >= 0.6 is 11.5 Å². The summed E-state index contributed by atoms with van der Waals surface area (Å²) in [5.74, 6) is 0.905. The number of aromatic nitrogens is 6. The van der Waals surface area contributed by atoms with E-state index in [1.165, 1.54) is 11.5 Å². The summed E-state index contributed by atoms with van der Waals surface area (Å²) in [6.07, 6.45) is 5.90. The highest BCUT2D eigenvalue weighted by Crippen LogP contribution is 2.37. The van der Waals surface area contributed by atoms with E-state index in [1.807, 2.05) is 26.4 Å². The van der Waals surface area contributed by atoms with Gasteiger partial charge in [0.05, 0.1) is 21.5 Å². The van der Waals surface area contributed by atoms with Crippen molar-refractivity contribution in [1.29, 1.82) is 0 Å². The molecule has 4 aromatic heterocycles. The zero-order valence-electron chi connectivity index (χ0n) is 17.2. The van der Waals surface area contributed by atoms with Gasteiger partial charge in [0, 0.05) is 42.6 Å². The van der Waals surface area contributed by atoms with Gasteiger partial charge >= 0.3 is 0 Å². The molecule has 0 aliphatic rings. The van der Waals surface area contributed by atoms with Gasteiger partial charge in [0.1, 0.15) is 11.5 Å². The van der Waals surface area contributed by atoms with Crippen LogP contribution in [-0.4, -0.2) is 28.7 Å². The van der Waals surface area contributed by atoms with Gasteiger partial charge in [0.15, 0.2) is 0 Å². The van der Waals surface area contributed by atoms with Crippen molar-refractivity contribution in [2.24, 2.45) is 7.05 Å². The van der Waals surface area contributed by atoms with E-state index in [-0.39, 0.29) is 6.04 Å². The number of benzene rings is 1. The lowest BCUT2D eigenvalue weighted by Gasteiger charge is -2.10. The second-order valence-corrected chi connectivity index (χ2v) is 8.51. The number of rotatable bonds is 4. The molecule has 0 saturated carbocycles. The summed E-state index contributed by atoms with van der Waals surface area (Å²) in [7, 11) is 1.88. The van der Waals surface area contributed by atoms with Crippen LogP contribution < -0.4 is 11.1 Å². The zero-order valence-corrected chi connectivity index (χ0v) is 18.0. The monoisotopic (exact) mass is 418 g/mol. The summed E-state index contributed by atoms with van der Waals surface area (Å²) < 4.78 is 9.34. The number of hydrogen-bond acceptors (Lipinski definition) is 7. The Kier molecular flexibility index (Phi) is 4.21. The maximum absolute atomic E-state index is 6.46. The predicted molar refractivity (Wildman–Crippen MR) is 122 cm³/mol. The second kappa shape index (κ2) is 6.81. The van der Waals surface area contributed by atoms with Crippen LogP contribution in [-0.2, 0) is 7.05 Å². The lowest BCUT2D eigenvalue weighted by molar-refractivity contribution is 0.618. The zero-order chi connectivity index (χ0) is 21.0. The molecular formula is C21H22N8S. The molecule has 30 heavy (non-hydrogen) atoms. The average Bonchev–Trinajstić information content (AvgIpc) is 3.38. The van der Waals surface area contributed by atoms with Crippen LogP contribution in [0.5, 0.6) is 0 Å². The minimum absolute atomic E-state index is 0.218. The van der Waals surface area contributed by atoms with Crippen LogP contribution in [0.3, 0.4) is 0 Å². The Balaban J connectivity index is 1.68. The highest BCUT2D eigenvalue weighted by molar-refractivity contribution is 7.13. The van der Waals surface area contributed by atoms with Crippen LogP contribution in [0.25, 0.3) is 32.2 Å². The van der Waals surface area contributed by atoms with Gasteiger partial charge in [-0.1, -0.05) is 6.07 Å². The predicted octanol–water partition coefficient (Wildman–Crippen LogP) is 4.66. The second-order valence-electron chi connectivity index (χ2n) is 7.68. The first kappa shape index (κ1) is 18.6. The lowest BCUT2D eigenvalue weighted by atomic mass is 10.0. The molecule has 5 aromatic rings. The number of nitrogens with zero attached hydrogens (tertiary/aromatic N) is 6. The number of nitrogen functional groups attached to an aromatic ring is 1. The van der Waals surface area contributed by atoms with Crippen molar-refractivity contribution >= 4 is 50.1 Å². The van der Waals surface area contributed by atoms with Crippen molar-refractivity contribution in [3.8, 4) is 11.1 Å². The molecule has 0 bridgehead atoms. The highest BCUT2D eigenvalue weighted by Gasteiger charge is 2.19. The normalized spacial score (nSPS) is 11.8. The summed E-state index contributed by atoms with van der Waals surface area (Å²) in [6.45, 7) is 6.20. The molecule has 5 rings (SSSR count). The van der Waals surface area contributed by atoms with Crippen molar-refractivity contribution in [3.63, 3.8) is 0 Å². The van der Waals surface area contributed by atoms with Crippen LogP contribution in [0, 0.1) is 6.92 Å².